The Labute approximate surface area is 109 Å². The van der Waals surface area contributed by atoms with Gasteiger partial charge < -0.3 is 5.11 Å². The SMILES string of the molecule is C=CCN1C2CCC(O)C1(c1ccccc1)CC2. The fourth-order valence-electron chi connectivity index (χ4n) is 3.94. The van der Waals surface area contributed by atoms with E-state index in [1.165, 1.54) is 12.0 Å². The minimum absolute atomic E-state index is 0.168. The first-order chi connectivity index (χ1) is 8.79. The summed E-state index contributed by atoms with van der Waals surface area (Å²) in [6, 6.07) is 11.1. The molecule has 0 amide bonds. The van der Waals surface area contributed by atoms with E-state index in [-0.39, 0.29) is 11.6 Å². The van der Waals surface area contributed by atoms with E-state index in [9.17, 15) is 5.11 Å². The van der Waals surface area contributed by atoms with Gasteiger partial charge in [-0.2, -0.15) is 0 Å². The summed E-state index contributed by atoms with van der Waals surface area (Å²) in [6.07, 6.45) is 6.01. The second kappa shape index (κ2) is 4.52. The third-order valence-electron chi connectivity index (χ3n) is 4.74. The molecule has 1 aromatic carbocycles. The third-order valence-corrected chi connectivity index (χ3v) is 4.74. The van der Waals surface area contributed by atoms with Gasteiger partial charge in [-0.1, -0.05) is 36.4 Å². The summed E-state index contributed by atoms with van der Waals surface area (Å²) in [5, 5.41) is 10.6. The van der Waals surface area contributed by atoms with Crippen LogP contribution in [0.4, 0.5) is 0 Å². The number of aliphatic hydroxyl groups is 1. The van der Waals surface area contributed by atoms with Crippen LogP contribution in [0.5, 0.6) is 0 Å². The summed E-state index contributed by atoms with van der Waals surface area (Å²) in [6.45, 7) is 4.75. The average molecular weight is 243 g/mol. The van der Waals surface area contributed by atoms with E-state index in [0.29, 0.717) is 6.04 Å². The van der Waals surface area contributed by atoms with Crippen molar-refractivity contribution in [3.63, 3.8) is 0 Å². The maximum absolute atomic E-state index is 10.6. The molecule has 1 aromatic rings. The van der Waals surface area contributed by atoms with Gasteiger partial charge in [0.15, 0.2) is 0 Å². The molecule has 18 heavy (non-hydrogen) atoms. The van der Waals surface area contributed by atoms with E-state index in [1.807, 2.05) is 12.1 Å². The molecule has 96 valence electrons. The molecule has 2 heterocycles. The van der Waals surface area contributed by atoms with Crippen LogP contribution >= 0.6 is 0 Å². The zero-order valence-electron chi connectivity index (χ0n) is 10.8. The van der Waals surface area contributed by atoms with Crippen LogP contribution in [0.15, 0.2) is 43.0 Å². The monoisotopic (exact) mass is 243 g/mol. The Hall–Kier alpha value is -1.12. The number of rotatable bonds is 3. The summed E-state index contributed by atoms with van der Waals surface area (Å²) in [5.74, 6) is 0. The molecule has 3 atom stereocenters. The lowest BCUT2D eigenvalue weighted by Gasteiger charge is -2.48. The molecule has 0 radical (unpaired) electrons. The predicted molar refractivity (Wildman–Crippen MR) is 73.3 cm³/mol. The normalized spacial score (nSPS) is 35.6. The van der Waals surface area contributed by atoms with Crippen molar-refractivity contribution in [2.75, 3.05) is 6.54 Å². The molecule has 0 aromatic heterocycles. The molecule has 2 fully saturated rings. The van der Waals surface area contributed by atoms with Crippen molar-refractivity contribution in [3.05, 3.63) is 48.6 Å². The number of benzene rings is 1. The van der Waals surface area contributed by atoms with Crippen molar-refractivity contribution in [2.24, 2.45) is 0 Å². The number of hydrogen-bond acceptors (Lipinski definition) is 2. The first-order valence-corrected chi connectivity index (χ1v) is 6.90. The maximum Gasteiger partial charge on any atom is 0.0766 e. The summed E-state index contributed by atoms with van der Waals surface area (Å²) in [7, 11) is 0. The lowest BCUT2D eigenvalue weighted by molar-refractivity contribution is -0.0557. The smallest absolute Gasteiger partial charge is 0.0766 e. The third kappa shape index (κ3) is 1.56. The number of piperidine rings is 1. The lowest BCUT2D eigenvalue weighted by Crippen LogP contribution is -2.56. The van der Waals surface area contributed by atoms with Crippen LogP contribution in [-0.4, -0.2) is 28.7 Å². The molecule has 2 nitrogen and oxygen atoms in total. The van der Waals surface area contributed by atoms with Gasteiger partial charge in [0.1, 0.15) is 0 Å². The molecule has 0 spiro atoms. The Bertz CT molecular complexity index is 430. The van der Waals surface area contributed by atoms with E-state index in [4.69, 9.17) is 0 Å². The van der Waals surface area contributed by atoms with Crippen molar-refractivity contribution in [3.8, 4) is 0 Å². The van der Waals surface area contributed by atoms with Gasteiger partial charge in [0.25, 0.3) is 0 Å². The molecule has 2 saturated heterocycles. The van der Waals surface area contributed by atoms with Crippen molar-refractivity contribution in [1.82, 2.24) is 4.90 Å². The van der Waals surface area contributed by atoms with Gasteiger partial charge in [-0.25, -0.2) is 0 Å². The molecule has 1 N–H and O–H groups in total. The molecular formula is C16H21NO. The van der Waals surface area contributed by atoms with Crippen LogP contribution in [0.25, 0.3) is 0 Å². The predicted octanol–water partition coefficient (Wildman–Crippen LogP) is 2.69. The minimum atomic E-state index is -0.251. The highest BCUT2D eigenvalue weighted by Crippen LogP contribution is 2.50. The molecule has 0 saturated carbocycles. The molecule has 2 heteroatoms. The summed E-state index contributed by atoms with van der Waals surface area (Å²) in [4.78, 5) is 2.48. The van der Waals surface area contributed by atoms with Crippen LogP contribution in [0.1, 0.15) is 31.2 Å². The molecule has 0 aliphatic carbocycles. The van der Waals surface area contributed by atoms with Gasteiger partial charge in [0.2, 0.25) is 0 Å². The number of hydrogen-bond donors (Lipinski definition) is 1. The molecular weight excluding hydrogens is 222 g/mol. The van der Waals surface area contributed by atoms with Gasteiger partial charge in [-0.05, 0) is 31.2 Å². The second-order valence-electron chi connectivity index (χ2n) is 5.52. The highest BCUT2D eigenvalue weighted by Gasteiger charge is 2.54. The average Bonchev–Trinajstić information content (AvgIpc) is 2.68. The van der Waals surface area contributed by atoms with Gasteiger partial charge in [-0.3, -0.25) is 4.90 Å². The number of fused-ring (bicyclic) bond motifs is 2. The first-order valence-electron chi connectivity index (χ1n) is 6.90. The number of nitrogens with zero attached hydrogens (tertiary/aromatic N) is 1. The Kier molecular flexibility index (Phi) is 3.00. The van der Waals surface area contributed by atoms with E-state index in [2.05, 4.69) is 35.7 Å². The topological polar surface area (TPSA) is 23.5 Å². The quantitative estimate of drug-likeness (QED) is 0.825. The largest absolute Gasteiger partial charge is 0.391 e. The Morgan fingerprint density at radius 2 is 2.06 bits per heavy atom. The van der Waals surface area contributed by atoms with Crippen molar-refractivity contribution in [1.29, 1.82) is 0 Å². The van der Waals surface area contributed by atoms with E-state index in [0.717, 1.165) is 25.8 Å². The van der Waals surface area contributed by atoms with Crippen LogP contribution in [-0.2, 0) is 5.54 Å². The van der Waals surface area contributed by atoms with Gasteiger partial charge in [0, 0.05) is 12.6 Å². The standard InChI is InChI=1S/C16H21NO/c1-2-12-17-14-8-9-15(18)16(17,11-10-14)13-6-4-3-5-7-13/h2-7,14-15,18H,1,8-12H2. The van der Waals surface area contributed by atoms with Gasteiger partial charge >= 0.3 is 0 Å². The highest BCUT2D eigenvalue weighted by molar-refractivity contribution is 5.30. The molecule has 3 unspecified atom stereocenters. The fraction of sp³-hybridized carbons (Fsp3) is 0.500. The fourth-order valence-corrected chi connectivity index (χ4v) is 3.94. The second-order valence-corrected chi connectivity index (χ2v) is 5.52. The van der Waals surface area contributed by atoms with Gasteiger partial charge in [0.05, 0.1) is 11.6 Å². The van der Waals surface area contributed by atoms with E-state index in [1.54, 1.807) is 0 Å². The zero-order valence-corrected chi connectivity index (χ0v) is 10.8. The number of aliphatic hydroxyl groups excluding tert-OH is 1. The van der Waals surface area contributed by atoms with Crippen molar-refractivity contribution >= 4 is 0 Å². The first kappa shape index (κ1) is 11.9. The zero-order chi connectivity index (χ0) is 12.6. The Morgan fingerprint density at radius 1 is 1.28 bits per heavy atom. The Balaban J connectivity index is 2.06. The summed E-state index contributed by atoms with van der Waals surface area (Å²) in [5.41, 5.74) is 1.10. The van der Waals surface area contributed by atoms with Crippen molar-refractivity contribution < 1.29 is 5.11 Å². The van der Waals surface area contributed by atoms with Crippen LogP contribution < -0.4 is 0 Å². The molecule has 3 rings (SSSR count). The van der Waals surface area contributed by atoms with E-state index >= 15 is 0 Å². The molecule has 2 aliphatic heterocycles. The van der Waals surface area contributed by atoms with Crippen LogP contribution in [0.3, 0.4) is 0 Å². The highest BCUT2D eigenvalue weighted by atomic mass is 16.3. The Morgan fingerprint density at radius 3 is 2.78 bits per heavy atom. The molecule has 2 aliphatic rings. The minimum Gasteiger partial charge on any atom is -0.391 e. The summed E-state index contributed by atoms with van der Waals surface area (Å²) < 4.78 is 0. The van der Waals surface area contributed by atoms with E-state index < -0.39 is 0 Å². The van der Waals surface area contributed by atoms with Crippen LogP contribution in [0, 0.1) is 0 Å². The molecule has 2 bridgehead atoms. The summed E-state index contributed by atoms with van der Waals surface area (Å²) >= 11 is 0. The lowest BCUT2D eigenvalue weighted by atomic mass is 9.79. The maximum atomic E-state index is 10.6. The van der Waals surface area contributed by atoms with Crippen molar-refractivity contribution in [2.45, 2.75) is 43.4 Å². The van der Waals surface area contributed by atoms with Crippen LogP contribution in [0.2, 0.25) is 0 Å². The van der Waals surface area contributed by atoms with Gasteiger partial charge in [-0.15, -0.1) is 6.58 Å².